The highest BCUT2D eigenvalue weighted by molar-refractivity contribution is 9.09. The smallest absolute Gasteiger partial charge is 0.0471 e. The summed E-state index contributed by atoms with van der Waals surface area (Å²) in [6.45, 7) is 1.98. The third-order valence-electron chi connectivity index (χ3n) is 3.73. The lowest BCUT2D eigenvalue weighted by Crippen LogP contribution is -2.41. The van der Waals surface area contributed by atoms with E-state index in [0.29, 0.717) is 5.41 Å². The van der Waals surface area contributed by atoms with Crippen LogP contribution < -0.4 is 0 Å². The molecule has 2 heteroatoms. The van der Waals surface area contributed by atoms with Crippen molar-refractivity contribution in [2.24, 2.45) is 11.3 Å². The topological polar surface area (TPSA) is 9.23 Å². The first-order chi connectivity index (χ1) is 5.87. The van der Waals surface area contributed by atoms with Crippen LogP contribution in [0.1, 0.15) is 32.1 Å². The molecule has 0 unspecified atom stereocenters. The third kappa shape index (κ3) is 1.44. The second-order valence-corrected chi connectivity index (χ2v) is 4.80. The third-order valence-corrected chi connectivity index (χ3v) is 4.84. The molecule has 12 heavy (non-hydrogen) atoms. The molecule has 1 saturated carbocycles. The molecule has 1 aliphatic carbocycles. The maximum atomic E-state index is 5.42. The molecule has 0 bridgehead atoms. The van der Waals surface area contributed by atoms with Crippen molar-refractivity contribution in [3.05, 3.63) is 0 Å². The Morgan fingerprint density at radius 2 is 1.92 bits per heavy atom. The summed E-state index contributed by atoms with van der Waals surface area (Å²) in [5.41, 5.74) is 0.608. The maximum Gasteiger partial charge on any atom is 0.0471 e. The van der Waals surface area contributed by atoms with Crippen LogP contribution in [0.25, 0.3) is 0 Å². The largest absolute Gasteiger partial charge is 0.381 e. The molecule has 1 aliphatic heterocycles. The van der Waals surface area contributed by atoms with Crippen molar-refractivity contribution >= 4 is 15.9 Å². The normalized spacial score (nSPS) is 29.8. The monoisotopic (exact) mass is 232 g/mol. The minimum atomic E-state index is 0.608. The van der Waals surface area contributed by atoms with Gasteiger partial charge in [0.15, 0.2) is 0 Å². The van der Waals surface area contributed by atoms with E-state index in [4.69, 9.17) is 4.74 Å². The van der Waals surface area contributed by atoms with Crippen molar-refractivity contribution in [1.29, 1.82) is 0 Å². The van der Waals surface area contributed by atoms with Gasteiger partial charge in [0.05, 0.1) is 0 Å². The molecule has 2 fully saturated rings. The van der Waals surface area contributed by atoms with Crippen LogP contribution in [0.3, 0.4) is 0 Å². The average molecular weight is 233 g/mol. The minimum absolute atomic E-state index is 0.608. The van der Waals surface area contributed by atoms with Crippen LogP contribution in [0.15, 0.2) is 0 Å². The van der Waals surface area contributed by atoms with Crippen LogP contribution in [-0.4, -0.2) is 18.5 Å². The van der Waals surface area contributed by atoms with Gasteiger partial charge in [0, 0.05) is 18.5 Å². The SMILES string of the molecule is BrCC1(C2CCC2)CCOCC1. The van der Waals surface area contributed by atoms with E-state index in [9.17, 15) is 0 Å². The summed E-state index contributed by atoms with van der Waals surface area (Å²) in [5, 5.41) is 1.19. The zero-order valence-electron chi connectivity index (χ0n) is 7.52. The second kappa shape index (κ2) is 3.67. The highest BCUT2D eigenvalue weighted by Gasteiger charge is 2.41. The fourth-order valence-corrected chi connectivity index (χ4v) is 3.47. The standard InChI is InChI=1S/C10H17BrO/c11-8-10(9-2-1-3-9)4-6-12-7-5-10/h9H,1-8H2. The first-order valence-corrected chi connectivity index (χ1v) is 6.13. The van der Waals surface area contributed by atoms with E-state index >= 15 is 0 Å². The second-order valence-electron chi connectivity index (χ2n) is 4.24. The first-order valence-electron chi connectivity index (χ1n) is 5.01. The van der Waals surface area contributed by atoms with Gasteiger partial charge in [0.2, 0.25) is 0 Å². The Labute approximate surface area is 83.0 Å². The molecule has 0 radical (unpaired) electrons. The molecule has 2 rings (SSSR count). The number of halogens is 1. The van der Waals surface area contributed by atoms with Crippen molar-refractivity contribution in [3.63, 3.8) is 0 Å². The van der Waals surface area contributed by atoms with Gasteiger partial charge in [-0.3, -0.25) is 0 Å². The predicted molar refractivity (Wildman–Crippen MR) is 53.6 cm³/mol. The summed E-state index contributed by atoms with van der Waals surface area (Å²) < 4.78 is 5.42. The van der Waals surface area contributed by atoms with Gasteiger partial charge in [-0.25, -0.2) is 0 Å². The average Bonchev–Trinajstić information content (AvgIpc) is 2.03. The molecule has 0 aromatic rings. The molecule has 0 spiro atoms. The molecule has 0 aromatic heterocycles. The lowest BCUT2D eigenvalue weighted by atomic mass is 9.63. The summed E-state index contributed by atoms with van der Waals surface area (Å²) >= 11 is 3.69. The molecule has 2 aliphatic rings. The Kier molecular flexibility index (Phi) is 2.75. The summed E-state index contributed by atoms with van der Waals surface area (Å²) in [5.74, 6) is 1.00. The molecule has 0 amide bonds. The Balaban J connectivity index is 2.00. The fraction of sp³-hybridized carbons (Fsp3) is 1.00. The summed E-state index contributed by atoms with van der Waals surface area (Å²) in [6, 6.07) is 0. The molecule has 1 heterocycles. The fourth-order valence-electron chi connectivity index (χ4n) is 2.45. The van der Waals surface area contributed by atoms with Gasteiger partial charge in [-0.05, 0) is 37.0 Å². The molecule has 0 aromatic carbocycles. The van der Waals surface area contributed by atoms with Crippen molar-refractivity contribution in [2.75, 3.05) is 18.5 Å². The van der Waals surface area contributed by atoms with E-state index in [2.05, 4.69) is 15.9 Å². The van der Waals surface area contributed by atoms with Gasteiger partial charge < -0.3 is 4.74 Å². The molecule has 1 nitrogen and oxygen atoms in total. The molecule has 0 atom stereocenters. The predicted octanol–water partition coefficient (Wildman–Crippen LogP) is 2.98. The number of rotatable bonds is 2. The summed E-state index contributed by atoms with van der Waals surface area (Å²) in [6.07, 6.45) is 6.95. The van der Waals surface area contributed by atoms with Gasteiger partial charge in [-0.2, -0.15) is 0 Å². The Morgan fingerprint density at radius 1 is 1.25 bits per heavy atom. The lowest BCUT2D eigenvalue weighted by molar-refractivity contribution is -0.0260. The van der Waals surface area contributed by atoms with Crippen LogP contribution in [0.5, 0.6) is 0 Å². The van der Waals surface area contributed by atoms with E-state index in [0.717, 1.165) is 19.1 Å². The lowest BCUT2D eigenvalue weighted by Gasteiger charge is -2.46. The first kappa shape index (κ1) is 9.01. The summed E-state index contributed by atoms with van der Waals surface area (Å²) in [4.78, 5) is 0. The highest BCUT2D eigenvalue weighted by atomic mass is 79.9. The minimum Gasteiger partial charge on any atom is -0.381 e. The van der Waals surface area contributed by atoms with Gasteiger partial charge in [-0.1, -0.05) is 22.4 Å². The van der Waals surface area contributed by atoms with Gasteiger partial charge >= 0.3 is 0 Å². The molecule has 0 N–H and O–H groups in total. The van der Waals surface area contributed by atoms with E-state index in [1.807, 2.05) is 0 Å². The highest BCUT2D eigenvalue weighted by Crippen LogP contribution is 2.49. The van der Waals surface area contributed by atoms with Crippen LogP contribution in [0.4, 0.5) is 0 Å². The van der Waals surface area contributed by atoms with Gasteiger partial charge in [0.25, 0.3) is 0 Å². The van der Waals surface area contributed by atoms with Crippen molar-refractivity contribution in [2.45, 2.75) is 32.1 Å². The van der Waals surface area contributed by atoms with E-state index in [1.54, 1.807) is 0 Å². The van der Waals surface area contributed by atoms with Crippen molar-refractivity contribution < 1.29 is 4.74 Å². The molecular weight excluding hydrogens is 216 g/mol. The number of alkyl halides is 1. The number of hydrogen-bond donors (Lipinski definition) is 0. The maximum absolute atomic E-state index is 5.42. The Hall–Kier alpha value is 0.440. The van der Waals surface area contributed by atoms with Crippen LogP contribution in [0, 0.1) is 11.3 Å². The molecular formula is C10H17BrO. The van der Waals surface area contributed by atoms with E-state index in [1.165, 1.54) is 37.4 Å². The molecule has 1 saturated heterocycles. The Bertz CT molecular complexity index is 148. The Morgan fingerprint density at radius 3 is 2.33 bits per heavy atom. The van der Waals surface area contributed by atoms with Gasteiger partial charge in [0.1, 0.15) is 0 Å². The zero-order chi connectivity index (χ0) is 8.44. The zero-order valence-corrected chi connectivity index (χ0v) is 9.11. The van der Waals surface area contributed by atoms with Crippen LogP contribution in [0.2, 0.25) is 0 Å². The van der Waals surface area contributed by atoms with Crippen LogP contribution in [-0.2, 0) is 4.74 Å². The number of hydrogen-bond acceptors (Lipinski definition) is 1. The van der Waals surface area contributed by atoms with Crippen molar-refractivity contribution in [1.82, 2.24) is 0 Å². The van der Waals surface area contributed by atoms with Crippen LogP contribution >= 0.6 is 15.9 Å². The van der Waals surface area contributed by atoms with E-state index in [-0.39, 0.29) is 0 Å². The quantitative estimate of drug-likeness (QED) is 0.666. The van der Waals surface area contributed by atoms with Crippen molar-refractivity contribution in [3.8, 4) is 0 Å². The van der Waals surface area contributed by atoms with Gasteiger partial charge in [-0.15, -0.1) is 0 Å². The van der Waals surface area contributed by atoms with E-state index < -0.39 is 0 Å². The summed E-state index contributed by atoms with van der Waals surface area (Å²) in [7, 11) is 0. The molecule has 70 valence electrons. The number of ether oxygens (including phenoxy) is 1.